The lowest BCUT2D eigenvalue weighted by molar-refractivity contribution is 0.0498. The van der Waals surface area contributed by atoms with E-state index in [-0.39, 0.29) is 6.04 Å². The number of unbranched alkanes of at least 4 members (excludes halogenated alkanes) is 1. The number of nitrogens with zero attached hydrogens (tertiary/aromatic N) is 1. The molecule has 0 spiro atoms. The minimum Gasteiger partial charge on any atom is -0.465 e. The highest BCUT2D eigenvalue weighted by atomic mass is 16.6. The van der Waals surface area contributed by atoms with Gasteiger partial charge < -0.3 is 25.5 Å². The number of alkyl carbamates (subject to hydrolysis) is 1. The Morgan fingerprint density at radius 3 is 2.65 bits per heavy atom. The van der Waals surface area contributed by atoms with E-state index in [1.54, 1.807) is 20.8 Å². The number of benzene rings is 1. The highest BCUT2D eigenvalue weighted by Gasteiger charge is 2.22. The van der Waals surface area contributed by atoms with Crippen molar-refractivity contribution in [3.63, 3.8) is 0 Å². The average Bonchev–Trinajstić information content (AvgIpc) is 2.95. The van der Waals surface area contributed by atoms with Gasteiger partial charge in [-0.3, -0.25) is 0 Å². The first kappa shape index (κ1) is 19.6. The molecule has 0 aliphatic heterocycles. The maximum Gasteiger partial charge on any atom is 0.408 e. The lowest BCUT2D eigenvalue weighted by Crippen LogP contribution is -2.35. The van der Waals surface area contributed by atoms with E-state index < -0.39 is 17.8 Å². The van der Waals surface area contributed by atoms with Crippen LogP contribution in [0.2, 0.25) is 0 Å². The topological polar surface area (TPSA) is 116 Å². The summed E-state index contributed by atoms with van der Waals surface area (Å²) in [4.78, 5) is 30.5. The van der Waals surface area contributed by atoms with Gasteiger partial charge in [-0.05, 0) is 52.2 Å². The smallest absolute Gasteiger partial charge is 0.408 e. The van der Waals surface area contributed by atoms with Gasteiger partial charge in [0.2, 0.25) is 0 Å². The molecule has 1 atom stereocenters. The van der Waals surface area contributed by atoms with E-state index in [0.717, 1.165) is 17.5 Å². The van der Waals surface area contributed by atoms with Crippen LogP contribution < -0.4 is 10.6 Å². The Balaban J connectivity index is 2.05. The van der Waals surface area contributed by atoms with E-state index >= 15 is 0 Å². The summed E-state index contributed by atoms with van der Waals surface area (Å²) >= 11 is 0. The van der Waals surface area contributed by atoms with Gasteiger partial charge in [-0.25, -0.2) is 14.6 Å². The molecule has 8 nitrogen and oxygen atoms in total. The Hall–Kier alpha value is -2.77. The molecule has 0 saturated carbocycles. The van der Waals surface area contributed by atoms with Gasteiger partial charge in [0.15, 0.2) is 0 Å². The van der Waals surface area contributed by atoms with E-state index in [9.17, 15) is 9.59 Å². The van der Waals surface area contributed by atoms with Crippen molar-refractivity contribution >= 4 is 23.2 Å². The molecule has 1 heterocycles. The van der Waals surface area contributed by atoms with Gasteiger partial charge in [-0.2, -0.15) is 0 Å². The number of rotatable bonds is 7. The van der Waals surface area contributed by atoms with Crippen LogP contribution in [0.25, 0.3) is 11.0 Å². The number of hydrogen-bond donors (Lipinski definition) is 4. The monoisotopic (exact) mass is 362 g/mol. The van der Waals surface area contributed by atoms with Crippen molar-refractivity contribution in [3.05, 3.63) is 30.1 Å². The molecule has 142 valence electrons. The molecule has 1 aromatic carbocycles. The van der Waals surface area contributed by atoms with Crippen molar-refractivity contribution in [2.24, 2.45) is 0 Å². The van der Waals surface area contributed by atoms with Gasteiger partial charge in [0, 0.05) is 6.54 Å². The molecule has 0 aliphatic carbocycles. The van der Waals surface area contributed by atoms with E-state index in [4.69, 9.17) is 9.84 Å². The van der Waals surface area contributed by atoms with Gasteiger partial charge in [0.25, 0.3) is 0 Å². The molecule has 0 bridgehead atoms. The quantitative estimate of drug-likeness (QED) is 0.562. The van der Waals surface area contributed by atoms with Gasteiger partial charge >= 0.3 is 12.2 Å². The molecular weight excluding hydrogens is 336 g/mol. The summed E-state index contributed by atoms with van der Waals surface area (Å²) in [6.07, 6.45) is 0.453. The number of carbonyl (C=O) groups is 2. The Kier molecular flexibility index (Phi) is 6.43. The standard InChI is InChI=1S/C18H26N4O4/c1-18(2,3)26-17(25)22-14(10-6-7-11-19-16(23)24)15-20-12-8-4-5-9-13(12)21-15/h4-5,8-9,14,19H,6-7,10-11H2,1-3H3,(H,20,21)(H,22,25)(H,23,24). The van der Waals surface area contributed by atoms with E-state index in [2.05, 4.69) is 20.6 Å². The average molecular weight is 362 g/mol. The molecule has 0 fully saturated rings. The first-order valence-electron chi connectivity index (χ1n) is 8.65. The third-order valence-corrected chi connectivity index (χ3v) is 3.62. The van der Waals surface area contributed by atoms with Crippen molar-refractivity contribution < 1.29 is 19.4 Å². The predicted molar refractivity (Wildman–Crippen MR) is 98.1 cm³/mol. The molecule has 4 N–H and O–H groups in total. The fraction of sp³-hybridized carbons (Fsp3) is 0.500. The molecular formula is C18H26N4O4. The first-order valence-corrected chi connectivity index (χ1v) is 8.65. The fourth-order valence-corrected chi connectivity index (χ4v) is 2.53. The SMILES string of the molecule is CC(C)(C)OC(=O)NC(CCCCNC(=O)O)c1nc2ccccc2[nH]1. The Labute approximate surface area is 152 Å². The molecule has 8 heteroatoms. The Bertz CT molecular complexity index is 718. The number of aromatic nitrogens is 2. The molecule has 0 aliphatic rings. The molecule has 1 unspecified atom stereocenters. The number of imidazole rings is 1. The van der Waals surface area contributed by atoms with Crippen LogP contribution in [0.1, 0.15) is 51.9 Å². The summed E-state index contributed by atoms with van der Waals surface area (Å²) in [6.45, 7) is 5.79. The summed E-state index contributed by atoms with van der Waals surface area (Å²) in [6, 6.07) is 7.30. The number of para-hydroxylation sites is 2. The summed E-state index contributed by atoms with van der Waals surface area (Å²) in [5.74, 6) is 0.656. The third kappa shape index (κ3) is 6.27. The van der Waals surface area contributed by atoms with E-state index in [1.165, 1.54) is 0 Å². The van der Waals surface area contributed by atoms with Crippen LogP contribution in [0.3, 0.4) is 0 Å². The minimum atomic E-state index is -1.04. The molecule has 2 aromatic rings. The third-order valence-electron chi connectivity index (χ3n) is 3.62. The van der Waals surface area contributed by atoms with Gasteiger partial charge in [-0.15, -0.1) is 0 Å². The number of carbonyl (C=O) groups excluding carboxylic acids is 1. The van der Waals surface area contributed by atoms with Crippen molar-refractivity contribution in [1.29, 1.82) is 0 Å². The second-order valence-corrected chi connectivity index (χ2v) is 7.07. The number of fused-ring (bicyclic) bond motifs is 1. The molecule has 1 aromatic heterocycles. The summed E-state index contributed by atoms with van der Waals surface area (Å²) in [5, 5.41) is 13.8. The van der Waals surface area contributed by atoms with Crippen LogP contribution in [-0.4, -0.2) is 39.4 Å². The van der Waals surface area contributed by atoms with Gasteiger partial charge in [-0.1, -0.05) is 12.1 Å². The second kappa shape index (κ2) is 8.55. The van der Waals surface area contributed by atoms with E-state index in [1.807, 2.05) is 24.3 Å². The number of aromatic amines is 1. The summed E-state index contributed by atoms with van der Waals surface area (Å²) < 4.78 is 5.34. The van der Waals surface area contributed by atoms with Gasteiger partial charge in [0.05, 0.1) is 17.1 Å². The van der Waals surface area contributed by atoms with Crippen LogP contribution in [-0.2, 0) is 4.74 Å². The molecule has 2 amide bonds. The van der Waals surface area contributed by atoms with Crippen LogP contribution in [0.5, 0.6) is 0 Å². The molecule has 0 radical (unpaired) electrons. The summed E-state index contributed by atoms with van der Waals surface area (Å²) in [7, 11) is 0. The Morgan fingerprint density at radius 1 is 1.27 bits per heavy atom. The van der Waals surface area contributed by atoms with Crippen LogP contribution in [0.15, 0.2) is 24.3 Å². The van der Waals surface area contributed by atoms with E-state index in [0.29, 0.717) is 25.2 Å². The van der Waals surface area contributed by atoms with Crippen molar-refractivity contribution in [3.8, 4) is 0 Å². The largest absolute Gasteiger partial charge is 0.465 e. The summed E-state index contributed by atoms with van der Waals surface area (Å²) in [5.41, 5.74) is 1.13. The van der Waals surface area contributed by atoms with Crippen molar-refractivity contribution in [1.82, 2.24) is 20.6 Å². The fourth-order valence-electron chi connectivity index (χ4n) is 2.53. The van der Waals surface area contributed by atoms with Crippen molar-refractivity contribution in [2.75, 3.05) is 6.54 Å². The molecule has 26 heavy (non-hydrogen) atoms. The zero-order valence-corrected chi connectivity index (χ0v) is 15.3. The highest BCUT2D eigenvalue weighted by Crippen LogP contribution is 2.21. The minimum absolute atomic E-state index is 0.345. The highest BCUT2D eigenvalue weighted by molar-refractivity contribution is 5.75. The van der Waals surface area contributed by atoms with Crippen LogP contribution >= 0.6 is 0 Å². The number of carboxylic acid groups (broad SMARTS) is 1. The number of nitrogens with one attached hydrogen (secondary N) is 3. The number of H-pyrrole nitrogens is 1. The van der Waals surface area contributed by atoms with Gasteiger partial charge in [0.1, 0.15) is 11.4 Å². The second-order valence-electron chi connectivity index (χ2n) is 7.07. The number of amides is 2. The maximum atomic E-state index is 12.2. The van der Waals surface area contributed by atoms with Crippen molar-refractivity contribution in [2.45, 2.75) is 51.7 Å². The molecule has 0 saturated heterocycles. The first-order chi connectivity index (χ1) is 12.2. The number of hydrogen-bond acceptors (Lipinski definition) is 4. The lowest BCUT2D eigenvalue weighted by atomic mass is 10.1. The molecule has 2 rings (SSSR count). The van der Waals surface area contributed by atoms with Crippen LogP contribution in [0, 0.1) is 0 Å². The lowest BCUT2D eigenvalue weighted by Gasteiger charge is -2.23. The normalized spacial score (nSPS) is 12.6. The zero-order valence-electron chi connectivity index (χ0n) is 15.3. The van der Waals surface area contributed by atoms with Crippen LogP contribution in [0.4, 0.5) is 9.59 Å². The zero-order chi connectivity index (χ0) is 19.2. The Morgan fingerprint density at radius 2 is 2.00 bits per heavy atom. The maximum absolute atomic E-state index is 12.2. The predicted octanol–water partition coefficient (Wildman–Crippen LogP) is 3.57. The number of ether oxygens (including phenoxy) is 1.